The molecule has 0 spiro atoms. The monoisotopic (exact) mass is 278 g/mol. The standard InChI is InChI=1S/C19H15FO/c1-12-13(2)18(19(21)14-6-4-3-5-7-14)10-15-8-9-16(20)11-17(12)15/h3-11H,1-2H3. The van der Waals surface area contributed by atoms with E-state index in [-0.39, 0.29) is 11.6 Å². The molecule has 0 heterocycles. The molecule has 0 fully saturated rings. The van der Waals surface area contributed by atoms with Crippen molar-refractivity contribution in [2.75, 3.05) is 0 Å². The van der Waals surface area contributed by atoms with E-state index in [0.717, 1.165) is 21.9 Å². The third-order valence-corrected chi connectivity index (χ3v) is 3.97. The molecule has 0 aliphatic heterocycles. The van der Waals surface area contributed by atoms with Gasteiger partial charge in [-0.15, -0.1) is 0 Å². The van der Waals surface area contributed by atoms with E-state index in [2.05, 4.69) is 0 Å². The third-order valence-electron chi connectivity index (χ3n) is 3.97. The first-order chi connectivity index (χ1) is 10.1. The van der Waals surface area contributed by atoms with Gasteiger partial charge in [-0.3, -0.25) is 4.79 Å². The molecule has 0 aliphatic rings. The van der Waals surface area contributed by atoms with Crippen LogP contribution in [0.5, 0.6) is 0 Å². The Morgan fingerprint density at radius 1 is 0.905 bits per heavy atom. The Kier molecular flexibility index (Phi) is 3.30. The zero-order chi connectivity index (χ0) is 15.0. The van der Waals surface area contributed by atoms with Gasteiger partial charge in [-0.05, 0) is 53.9 Å². The summed E-state index contributed by atoms with van der Waals surface area (Å²) in [7, 11) is 0. The van der Waals surface area contributed by atoms with Gasteiger partial charge in [0.05, 0.1) is 0 Å². The summed E-state index contributed by atoms with van der Waals surface area (Å²) >= 11 is 0. The molecule has 0 radical (unpaired) electrons. The average Bonchev–Trinajstić information content (AvgIpc) is 2.51. The number of fused-ring (bicyclic) bond motifs is 1. The number of carbonyl (C=O) groups is 1. The highest BCUT2D eigenvalue weighted by atomic mass is 19.1. The molecule has 0 bridgehead atoms. The van der Waals surface area contributed by atoms with Crippen LogP contribution < -0.4 is 0 Å². The summed E-state index contributed by atoms with van der Waals surface area (Å²) in [6.45, 7) is 3.84. The van der Waals surface area contributed by atoms with E-state index in [1.54, 1.807) is 6.07 Å². The van der Waals surface area contributed by atoms with E-state index in [0.29, 0.717) is 11.1 Å². The predicted octanol–water partition coefficient (Wildman–Crippen LogP) is 4.83. The van der Waals surface area contributed by atoms with Gasteiger partial charge in [-0.2, -0.15) is 0 Å². The molecule has 0 atom stereocenters. The molecular formula is C19H15FO. The minimum atomic E-state index is -0.257. The third kappa shape index (κ3) is 2.33. The van der Waals surface area contributed by atoms with Crippen LogP contribution in [0.4, 0.5) is 4.39 Å². The molecule has 0 aromatic heterocycles. The topological polar surface area (TPSA) is 17.1 Å². The number of hydrogen-bond acceptors (Lipinski definition) is 1. The molecule has 3 aromatic rings. The van der Waals surface area contributed by atoms with Crippen molar-refractivity contribution in [3.05, 3.63) is 82.7 Å². The van der Waals surface area contributed by atoms with Crippen LogP contribution in [0, 0.1) is 19.7 Å². The Hall–Kier alpha value is -2.48. The lowest BCUT2D eigenvalue weighted by Gasteiger charge is -2.12. The van der Waals surface area contributed by atoms with Crippen molar-refractivity contribution in [3.8, 4) is 0 Å². The number of ketones is 1. The Bertz CT molecular complexity index is 835. The molecule has 0 aliphatic carbocycles. The molecule has 0 N–H and O–H groups in total. The number of hydrogen-bond donors (Lipinski definition) is 0. The van der Waals surface area contributed by atoms with Crippen molar-refractivity contribution in [2.45, 2.75) is 13.8 Å². The van der Waals surface area contributed by atoms with E-state index in [1.165, 1.54) is 12.1 Å². The predicted molar refractivity (Wildman–Crippen MR) is 83.3 cm³/mol. The summed E-state index contributed by atoms with van der Waals surface area (Å²) in [5.41, 5.74) is 3.20. The van der Waals surface area contributed by atoms with E-state index < -0.39 is 0 Å². The van der Waals surface area contributed by atoms with Crippen molar-refractivity contribution < 1.29 is 9.18 Å². The van der Waals surface area contributed by atoms with E-state index in [1.807, 2.05) is 50.2 Å². The normalized spacial score (nSPS) is 10.8. The van der Waals surface area contributed by atoms with Crippen LogP contribution in [0.2, 0.25) is 0 Å². The largest absolute Gasteiger partial charge is 0.289 e. The van der Waals surface area contributed by atoms with Gasteiger partial charge in [0.2, 0.25) is 0 Å². The smallest absolute Gasteiger partial charge is 0.193 e. The maximum Gasteiger partial charge on any atom is 0.193 e. The van der Waals surface area contributed by atoms with Crippen LogP contribution in [0.3, 0.4) is 0 Å². The van der Waals surface area contributed by atoms with Gasteiger partial charge in [0.1, 0.15) is 5.82 Å². The van der Waals surface area contributed by atoms with Gasteiger partial charge < -0.3 is 0 Å². The molecule has 0 saturated heterocycles. The van der Waals surface area contributed by atoms with Gasteiger partial charge >= 0.3 is 0 Å². The number of aryl methyl sites for hydroxylation is 1. The maximum absolute atomic E-state index is 13.4. The van der Waals surface area contributed by atoms with Crippen molar-refractivity contribution in [2.24, 2.45) is 0 Å². The summed E-state index contributed by atoms with van der Waals surface area (Å²) in [6.07, 6.45) is 0. The van der Waals surface area contributed by atoms with Gasteiger partial charge in [0.15, 0.2) is 5.78 Å². The Morgan fingerprint density at radius 2 is 1.62 bits per heavy atom. The Balaban J connectivity index is 2.22. The quantitative estimate of drug-likeness (QED) is 0.614. The summed E-state index contributed by atoms with van der Waals surface area (Å²) in [5.74, 6) is -0.255. The number of benzene rings is 3. The minimum Gasteiger partial charge on any atom is -0.289 e. The highest BCUT2D eigenvalue weighted by Gasteiger charge is 2.15. The van der Waals surface area contributed by atoms with Crippen molar-refractivity contribution in [1.82, 2.24) is 0 Å². The van der Waals surface area contributed by atoms with E-state index in [4.69, 9.17) is 0 Å². The van der Waals surface area contributed by atoms with Crippen molar-refractivity contribution >= 4 is 16.6 Å². The van der Waals surface area contributed by atoms with Gasteiger partial charge in [-0.1, -0.05) is 36.4 Å². The highest BCUT2D eigenvalue weighted by molar-refractivity contribution is 6.12. The molecule has 21 heavy (non-hydrogen) atoms. The van der Waals surface area contributed by atoms with Crippen LogP contribution in [-0.4, -0.2) is 5.78 Å². The summed E-state index contributed by atoms with van der Waals surface area (Å²) in [6, 6.07) is 15.7. The first-order valence-electron chi connectivity index (χ1n) is 6.87. The molecule has 3 aromatic carbocycles. The molecule has 3 rings (SSSR count). The fourth-order valence-electron chi connectivity index (χ4n) is 2.63. The zero-order valence-electron chi connectivity index (χ0n) is 12.0. The van der Waals surface area contributed by atoms with Crippen molar-refractivity contribution in [3.63, 3.8) is 0 Å². The Labute approximate surface area is 123 Å². The molecular weight excluding hydrogens is 263 g/mol. The van der Waals surface area contributed by atoms with Crippen LogP contribution in [0.15, 0.2) is 54.6 Å². The average molecular weight is 278 g/mol. The number of halogens is 1. The molecule has 1 nitrogen and oxygen atoms in total. The van der Waals surface area contributed by atoms with Crippen LogP contribution >= 0.6 is 0 Å². The van der Waals surface area contributed by atoms with Gasteiger partial charge in [0, 0.05) is 11.1 Å². The minimum absolute atomic E-state index is 0.00225. The second-order valence-corrected chi connectivity index (χ2v) is 5.23. The maximum atomic E-state index is 13.4. The number of carbonyl (C=O) groups excluding carboxylic acids is 1. The SMILES string of the molecule is Cc1c(C(=O)c2ccccc2)cc2ccc(F)cc2c1C. The summed E-state index contributed by atoms with van der Waals surface area (Å²) in [5, 5.41) is 1.75. The lowest BCUT2D eigenvalue weighted by molar-refractivity contribution is 0.103. The lowest BCUT2D eigenvalue weighted by Crippen LogP contribution is -2.05. The fourth-order valence-corrected chi connectivity index (χ4v) is 2.63. The van der Waals surface area contributed by atoms with Gasteiger partial charge in [-0.25, -0.2) is 4.39 Å². The molecule has 0 saturated carbocycles. The molecule has 104 valence electrons. The number of rotatable bonds is 2. The molecule has 2 heteroatoms. The second-order valence-electron chi connectivity index (χ2n) is 5.23. The lowest BCUT2D eigenvalue weighted by atomic mass is 9.91. The molecule has 0 amide bonds. The fraction of sp³-hybridized carbons (Fsp3) is 0.105. The van der Waals surface area contributed by atoms with E-state index >= 15 is 0 Å². The summed E-state index contributed by atoms with van der Waals surface area (Å²) in [4.78, 5) is 12.7. The first kappa shape index (κ1) is 13.5. The second kappa shape index (κ2) is 5.13. The highest BCUT2D eigenvalue weighted by Crippen LogP contribution is 2.27. The van der Waals surface area contributed by atoms with Crippen LogP contribution in [0.1, 0.15) is 27.0 Å². The van der Waals surface area contributed by atoms with E-state index in [9.17, 15) is 9.18 Å². The first-order valence-corrected chi connectivity index (χ1v) is 6.87. The van der Waals surface area contributed by atoms with Crippen molar-refractivity contribution in [1.29, 1.82) is 0 Å². The Morgan fingerprint density at radius 3 is 2.33 bits per heavy atom. The zero-order valence-corrected chi connectivity index (χ0v) is 12.0. The summed E-state index contributed by atoms with van der Waals surface area (Å²) < 4.78 is 13.4. The van der Waals surface area contributed by atoms with Crippen LogP contribution in [-0.2, 0) is 0 Å². The van der Waals surface area contributed by atoms with Gasteiger partial charge in [0.25, 0.3) is 0 Å². The molecule has 0 unspecified atom stereocenters. The van der Waals surface area contributed by atoms with Crippen LogP contribution in [0.25, 0.3) is 10.8 Å².